The molecule has 0 radical (unpaired) electrons. The average Bonchev–Trinajstić information content (AvgIpc) is 2.56. The molecule has 0 bridgehead atoms. The van der Waals surface area contributed by atoms with E-state index in [2.05, 4.69) is 25.3 Å². The van der Waals surface area contributed by atoms with Gasteiger partial charge in [0.2, 0.25) is 0 Å². The second-order valence-electron chi connectivity index (χ2n) is 5.52. The number of hydrogen-bond donors (Lipinski definition) is 0. The van der Waals surface area contributed by atoms with Crippen LogP contribution in [-0.2, 0) is 0 Å². The highest BCUT2D eigenvalue weighted by atomic mass is 35.5. The van der Waals surface area contributed by atoms with Gasteiger partial charge in [0.05, 0.1) is 18.1 Å². The van der Waals surface area contributed by atoms with Crippen molar-refractivity contribution < 1.29 is 9.53 Å². The van der Waals surface area contributed by atoms with Crippen molar-refractivity contribution in [1.29, 1.82) is 0 Å². The van der Waals surface area contributed by atoms with E-state index in [4.69, 9.17) is 16.3 Å². The summed E-state index contributed by atoms with van der Waals surface area (Å²) in [6.45, 7) is 5.75. The van der Waals surface area contributed by atoms with Gasteiger partial charge in [0, 0.05) is 5.56 Å². The summed E-state index contributed by atoms with van der Waals surface area (Å²) in [6.07, 6.45) is 6.53. The van der Waals surface area contributed by atoms with E-state index in [0.717, 1.165) is 25.0 Å². The molecular weight excluding hydrogens is 308 g/mol. The van der Waals surface area contributed by atoms with Crippen molar-refractivity contribution in [2.45, 2.75) is 45.4 Å². The van der Waals surface area contributed by atoms with Crippen LogP contribution in [-0.4, -0.2) is 12.9 Å². The number of carbonyl (C=O) groups excluding carboxylic acids is 1. The summed E-state index contributed by atoms with van der Waals surface area (Å²) < 4.78 is 5.12. The van der Waals surface area contributed by atoms with Crippen LogP contribution in [0.1, 0.15) is 55.8 Å². The maximum absolute atomic E-state index is 12.7. The normalized spacial score (nSPS) is 11.3. The SMILES string of the molecule is C=C(Cl)C#CC(CCCCCCC)C(=O)c1ccc(OC)cc1. The highest BCUT2D eigenvalue weighted by Gasteiger charge is 2.17. The molecule has 1 aromatic carbocycles. The number of ether oxygens (including phenoxy) is 1. The highest BCUT2D eigenvalue weighted by molar-refractivity contribution is 6.31. The maximum atomic E-state index is 12.7. The molecule has 1 aromatic rings. The summed E-state index contributed by atoms with van der Waals surface area (Å²) in [5, 5.41) is 0.267. The lowest BCUT2D eigenvalue weighted by Crippen LogP contribution is -2.13. The van der Waals surface area contributed by atoms with E-state index in [1.807, 2.05) is 0 Å². The molecule has 1 unspecified atom stereocenters. The van der Waals surface area contributed by atoms with Crippen molar-refractivity contribution in [3.63, 3.8) is 0 Å². The fraction of sp³-hybridized carbons (Fsp3) is 0.450. The van der Waals surface area contributed by atoms with E-state index in [9.17, 15) is 4.79 Å². The van der Waals surface area contributed by atoms with E-state index >= 15 is 0 Å². The van der Waals surface area contributed by atoms with Crippen LogP contribution < -0.4 is 4.74 Å². The first-order valence-corrected chi connectivity index (χ1v) is 8.50. The number of unbranched alkanes of at least 4 members (excludes halogenated alkanes) is 4. The maximum Gasteiger partial charge on any atom is 0.177 e. The van der Waals surface area contributed by atoms with Crippen molar-refractivity contribution in [3.8, 4) is 17.6 Å². The number of halogens is 1. The Kier molecular flexibility index (Phi) is 9.17. The fourth-order valence-electron chi connectivity index (χ4n) is 2.34. The lowest BCUT2D eigenvalue weighted by molar-refractivity contribution is 0.0943. The van der Waals surface area contributed by atoms with Gasteiger partial charge in [-0.1, -0.05) is 69.0 Å². The van der Waals surface area contributed by atoms with Crippen molar-refractivity contribution in [2.24, 2.45) is 5.92 Å². The molecule has 0 saturated carbocycles. The average molecular weight is 333 g/mol. The van der Waals surface area contributed by atoms with Gasteiger partial charge in [0.1, 0.15) is 5.75 Å². The van der Waals surface area contributed by atoms with E-state index in [-0.39, 0.29) is 16.7 Å². The molecule has 1 atom stereocenters. The molecule has 0 aromatic heterocycles. The molecule has 0 aliphatic rings. The highest BCUT2D eigenvalue weighted by Crippen LogP contribution is 2.19. The molecular formula is C20H25ClO2. The Balaban J connectivity index is 2.75. The van der Waals surface area contributed by atoms with Crippen molar-refractivity contribution in [2.75, 3.05) is 7.11 Å². The zero-order valence-electron chi connectivity index (χ0n) is 14.0. The molecule has 0 amide bonds. The number of allylic oxidation sites excluding steroid dienone is 1. The van der Waals surface area contributed by atoms with Gasteiger partial charge in [-0.25, -0.2) is 0 Å². The summed E-state index contributed by atoms with van der Waals surface area (Å²) in [5.41, 5.74) is 0.652. The molecule has 3 heteroatoms. The van der Waals surface area contributed by atoms with E-state index in [1.165, 1.54) is 19.3 Å². The van der Waals surface area contributed by atoms with E-state index in [0.29, 0.717) is 5.56 Å². The van der Waals surface area contributed by atoms with Crippen molar-refractivity contribution in [3.05, 3.63) is 41.4 Å². The quantitative estimate of drug-likeness (QED) is 0.334. The molecule has 1 rings (SSSR count). The number of carbonyl (C=O) groups is 1. The standard InChI is InChI=1S/C20H25ClO2/c1-4-5-6-7-8-9-17(11-10-16(2)21)20(22)18-12-14-19(23-3)15-13-18/h12-15,17H,2,4-9H2,1,3H3. The number of methoxy groups -OCH3 is 1. The van der Waals surface area contributed by atoms with Crippen LogP contribution in [0.3, 0.4) is 0 Å². The molecule has 0 N–H and O–H groups in total. The molecule has 124 valence electrons. The topological polar surface area (TPSA) is 26.3 Å². The summed E-state index contributed by atoms with van der Waals surface area (Å²) in [4.78, 5) is 12.7. The minimum Gasteiger partial charge on any atom is -0.497 e. The minimum absolute atomic E-state index is 0.0357. The largest absolute Gasteiger partial charge is 0.497 e. The van der Waals surface area contributed by atoms with Gasteiger partial charge in [0.25, 0.3) is 0 Å². The van der Waals surface area contributed by atoms with Gasteiger partial charge in [-0.3, -0.25) is 4.79 Å². The lowest BCUT2D eigenvalue weighted by Gasteiger charge is -2.10. The van der Waals surface area contributed by atoms with Crippen LogP contribution in [0.25, 0.3) is 0 Å². The summed E-state index contributed by atoms with van der Waals surface area (Å²) in [5.74, 6) is 6.16. The summed E-state index contributed by atoms with van der Waals surface area (Å²) in [7, 11) is 1.60. The Labute approximate surface area is 144 Å². The third-order valence-corrected chi connectivity index (χ3v) is 3.76. The Hall–Kier alpha value is -1.72. The van der Waals surface area contributed by atoms with Crippen LogP contribution in [0.4, 0.5) is 0 Å². The van der Waals surface area contributed by atoms with Gasteiger partial charge in [0.15, 0.2) is 5.78 Å². The Bertz CT molecular complexity index is 564. The van der Waals surface area contributed by atoms with E-state index in [1.54, 1.807) is 31.4 Å². The van der Waals surface area contributed by atoms with Gasteiger partial charge >= 0.3 is 0 Å². The van der Waals surface area contributed by atoms with Crippen molar-refractivity contribution in [1.82, 2.24) is 0 Å². The monoisotopic (exact) mass is 332 g/mol. The second-order valence-corrected chi connectivity index (χ2v) is 5.98. The lowest BCUT2D eigenvalue weighted by atomic mass is 9.92. The molecule has 0 saturated heterocycles. The second kappa shape index (κ2) is 10.9. The van der Waals surface area contributed by atoms with Gasteiger partial charge in [-0.15, -0.1) is 0 Å². The third kappa shape index (κ3) is 7.39. The van der Waals surface area contributed by atoms with Gasteiger partial charge in [-0.2, -0.15) is 0 Å². The zero-order valence-corrected chi connectivity index (χ0v) is 14.8. The fourth-order valence-corrected chi connectivity index (χ4v) is 2.40. The molecule has 0 fully saturated rings. The predicted molar refractivity (Wildman–Crippen MR) is 97.0 cm³/mol. The Morgan fingerprint density at radius 1 is 1.22 bits per heavy atom. The van der Waals surface area contributed by atoms with Crippen LogP contribution >= 0.6 is 11.6 Å². The zero-order chi connectivity index (χ0) is 17.1. The van der Waals surface area contributed by atoms with Gasteiger partial charge in [-0.05, 0) is 30.7 Å². The number of rotatable bonds is 9. The van der Waals surface area contributed by atoms with Crippen molar-refractivity contribution >= 4 is 17.4 Å². The first-order chi connectivity index (χ1) is 11.1. The summed E-state index contributed by atoms with van der Waals surface area (Å²) in [6, 6.07) is 7.14. The smallest absolute Gasteiger partial charge is 0.177 e. The molecule has 0 aliphatic heterocycles. The third-order valence-electron chi connectivity index (χ3n) is 3.67. The number of ketones is 1. The van der Waals surface area contributed by atoms with Gasteiger partial charge < -0.3 is 4.74 Å². The number of hydrogen-bond acceptors (Lipinski definition) is 2. The number of benzene rings is 1. The first-order valence-electron chi connectivity index (χ1n) is 8.12. The molecule has 0 spiro atoms. The van der Waals surface area contributed by atoms with Crippen LogP contribution in [0.2, 0.25) is 0 Å². The Morgan fingerprint density at radius 2 is 1.87 bits per heavy atom. The van der Waals surface area contributed by atoms with Crippen LogP contribution in [0.15, 0.2) is 35.9 Å². The minimum atomic E-state index is -0.333. The van der Waals surface area contributed by atoms with Crippen LogP contribution in [0.5, 0.6) is 5.75 Å². The molecule has 0 aliphatic carbocycles. The number of Topliss-reactive ketones (excluding diaryl/α,β-unsaturated/α-hetero) is 1. The molecule has 2 nitrogen and oxygen atoms in total. The molecule has 0 heterocycles. The summed E-state index contributed by atoms with van der Waals surface area (Å²) >= 11 is 5.72. The first kappa shape index (κ1) is 19.3. The van der Waals surface area contributed by atoms with Crippen LogP contribution in [0, 0.1) is 17.8 Å². The van der Waals surface area contributed by atoms with E-state index < -0.39 is 0 Å². The molecule has 23 heavy (non-hydrogen) atoms. The predicted octanol–water partition coefficient (Wildman–Crippen LogP) is 5.61. The Morgan fingerprint density at radius 3 is 2.43 bits per heavy atom.